The molecule has 0 amide bonds. The van der Waals surface area contributed by atoms with E-state index in [1.807, 2.05) is 0 Å². The van der Waals surface area contributed by atoms with Crippen molar-refractivity contribution in [1.82, 2.24) is 4.98 Å². The van der Waals surface area contributed by atoms with Gasteiger partial charge in [-0.15, -0.1) is 0 Å². The lowest BCUT2D eigenvalue weighted by Crippen LogP contribution is -2.14. The van der Waals surface area contributed by atoms with Gasteiger partial charge in [0.25, 0.3) is 0 Å². The van der Waals surface area contributed by atoms with Gasteiger partial charge in [-0.2, -0.15) is 0 Å². The van der Waals surface area contributed by atoms with Gasteiger partial charge in [0.05, 0.1) is 17.9 Å². The largest absolute Gasteiger partial charge is 0.478 e. The lowest BCUT2D eigenvalue weighted by atomic mass is 10.2. The summed E-state index contributed by atoms with van der Waals surface area (Å²) in [4.78, 5) is 14.7. The van der Waals surface area contributed by atoms with Crippen LogP contribution in [0.4, 0.5) is 11.5 Å². The van der Waals surface area contributed by atoms with E-state index in [0.29, 0.717) is 37.2 Å². The van der Waals surface area contributed by atoms with E-state index in [2.05, 4.69) is 24.1 Å². The summed E-state index contributed by atoms with van der Waals surface area (Å²) in [7, 11) is 0. The molecule has 1 rings (SSSR count). The smallest absolute Gasteiger partial charge is 0.337 e. The molecule has 0 fully saturated rings. The van der Waals surface area contributed by atoms with Gasteiger partial charge < -0.3 is 20.9 Å². The molecule has 1 aromatic heterocycles. The summed E-state index contributed by atoms with van der Waals surface area (Å²) < 4.78 is 5.39. The third-order valence-electron chi connectivity index (χ3n) is 2.15. The van der Waals surface area contributed by atoms with E-state index in [0.717, 1.165) is 0 Å². The molecule has 100 valence electrons. The van der Waals surface area contributed by atoms with Crippen LogP contribution in [0.5, 0.6) is 0 Å². The number of carboxylic acids is 1. The zero-order chi connectivity index (χ0) is 13.5. The van der Waals surface area contributed by atoms with Gasteiger partial charge in [-0.1, -0.05) is 13.8 Å². The number of ether oxygens (including phenoxy) is 1. The molecule has 6 heteroatoms. The number of nitrogen functional groups attached to an aromatic ring is 1. The van der Waals surface area contributed by atoms with Crippen molar-refractivity contribution in [3.63, 3.8) is 0 Å². The number of nitrogens with two attached hydrogens (primary N) is 1. The Morgan fingerprint density at radius 1 is 1.61 bits per heavy atom. The first-order valence-electron chi connectivity index (χ1n) is 5.81. The van der Waals surface area contributed by atoms with Gasteiger partial charge in [-0.05, 0) is 12.0 Å². The highest BCUT2D eigenvalue weighted by Gasteiger charge is 2.07. The molecule has 0 radical (unpaired) electrons. The highest BCUT2D eigenvalue weighted by atomic mass is 16.5. The van der Waals surface area contributed by atoms with Crippen LogP contribution in [0.15, 0.2) is 12.3 Å². The minimum atomic E-state index is -1.04. The second-order valence-electron chi connectivity index (χ2n) is 4.36. The van der Waals surface area contributed by atoms with Crippen molar-refractivity contribution < 1.29 is 14.6 Å². The Balaban J connectivity index is 2.41. The maximum Gasteiger partial charge on any atom is 0.337 e. The van der Waals surface area contributed by atoms with Crippen molar-refractivity contribution in [3.05, 3.63) is 17.8 Å². The fourth-order valence-corrected chi connectivity index (χ4v) is 1.31. The van der Waals surface area contributed by atoms with Crippen molar-refractivity contribution >= 4 is 17.5 Å². The first kappa shape index (κ1) is 14.2. The second kappa shape index (κ2) is 6.80. The standard InChI is InChI=1S/C12H19N3O3/c1-8(2)7-18-4-3-14-11-10(13)5-9(6-15-11)12(16)17/h5-6,8H,3-4,7,13H2,1-2H3,(H,14,15)(H,16,17). The SMILES string of the molecule is CC(C)COCCNc1ncc(C(=O)O)cc1N. The number of aromatic nitrogens is 1. The monoisotopic (exact) mass is 253 g/mol. The van der Waals surface area contributed by atoms with Gasteiger partial charge in [0.2, 0.25) is 0 Å². The van der Waals surface area contributed by atoms with E-state index >= 15 is 0 Å². The van der Waals surface area contributed by atoms with Crippen molar-refractivity contribution in [2.24, 2.45) is 5.92 Å². The van der Waals surface area contributed by atoms with E-state index in [-0.39, 0.29) is 5.56 Å². The number of hydrogen-bond donors (Lipinski definition) is 3. The van der Waals surface area contributed by atoms with Gasteiger partial charge in [-0.25, -0.2) is 9.78 Å². The maximum atomic E-state index is 10.7. The molecule has 6 nitrogen and oxygen atoms in total. The highest BCUT2D eigenvalue weighted by Crippen LogP contribution is 2.15. The Kier molecular flexibility index (Phi) is 5.38. The van der Waals surface area contributed by atoms with Gasteiger partial charge in [0.1, 0.15) is 5.82 Å². The predicted molar refractivity (Wildman–Crippen MR) is 69.8 cm³/mol. The molecule has 1 heterocycles. The van der Waals surface area contributed by atoms with Crippen LogP contribution in [-0.2, 0) is 4.74 Å². The highest BCUT2D eigenvalue weighted by molar-refractivity contribution is 5.89. The van der Waals surface area contributed by atoms with E-state index < -0.39 is 5.97 Å². The number of hydrogen-bond acceptors (Lipinski definition) is 5. The van der Waals surface area contributed by atoms with Crippen LogP contribution in [0.25, 0.3) is 0 Å². The average molecular weight is 253 g/mol. The summed E-state index contributed by atoms with van der Waals surface area (Å²) in [6.45, 7) is 6.01. The fraction of sp³-hybridized carbons (Fsp3) is 0.500. The molecule has 0 aliphatic rings. The molecular formula is C12H19N3O3. The molecule has 1 aromatic rings. The number of aromatic carboxylic acids is 1. The van der Waals surface area contributed by atoms with E-state index in [9.17, 15) is 4.79 Å². The lowest BCUT2D eigenvalue weighted by Gasteiger charge is -2.10. The van der Waals surface area contributed by atoms with Crippen LogP contribution in [-0.4, -0.2) is 35.8 Å². The third kappa shape index (κ3) is 4.58. The molecule has 0 spiro atoms. The van der Waals surface area contributed by atoms with Crippen LogP contribution in [0, 0.1) is 5.92 Å². The number of carbonyl (C=O) groups is 1. The molecule has 0 unspecified atom stereocenters. The predicted octanol–water partition coefficient (Wildman–Crippen LogP) is 1.45. The number of anilines is 2. The molecule has 0 atom stereocenters. The normalized spacial score (nSPS) is 10.6. The van der Waals surface area contributed by atoms with Crippen molar-refractivity contribution in [2.75, 3.05) is 30.8 Å². The number of rotatable bonds is 7. The summed E-state index contributed by atoms with van der Waals surface area (Å²) >= 11 is 0. The van der Waals surface area contributed by atoms with Crippen LogP contribution in [0.3, 0.4) is 0 Å². The van der Waals surface area contributed by atoms with Gasteiger partial charge in [-0.3, -0.25) is 0 Å². The Morgan fingerprint density at radius 2 is 2.33 bits per heavy atom. The first-order valence-corrected chi connectivity index (χ1v) is 5.81. The van der Waals surface area contributed by atoms with E-state index in [4.69, 9.17) is 15.6 Å². The van der Waals surface area contributed by atoms with Crippen molar-refractivity contribution in [3.8, 4) is 0 Å². The van der Waals surface area contributed by atoms with Crippen LogP contribution >= 0.6 is 0 Å². The molecule has 0 aliphatic carbocycles. The van der Waals surface area contributed by atoms with Gasteiger partial charge in [0, 0.05) is 19.3 Å². The van der Waals surface area contributed by atoms with Crippen LogP contribution < -0.4 is 11.1 Å². The second-order valence-corrected chi connectivity index (χ2v) is 4.36. The van der Waals surface area contributed by atoms with Crippen LogP contribution in [0.1, 0.15) is 24.2 Å². The zero-order valence-corrected chi connectivity index (χ0v) is 10.6. The molecular weight excluding hydrogens is 234 g/mol. The number of nitrogens with zero attached hydrogens (tertiary/aromatic N) is 1. The molecule has 0 aromatic carbocycles. The third-order valence-corrected chi connectivity index (χ3v) is 2.15. The minimum Gasteiger partial charge on any atom is -0.478 e. The van der Waals surface area contributed by atoms with Gasteiger partial charge >= 0.3 is 5.97 Å². The first-order chi connectivity index (χ1) is 8.50. The van der Waals surface area contributed by atoms with Crippen molar-refractivity contribution in [2.45, 2.75) is 13.8 Å². The number of nitrogens with one attached hydrogen (secondary N) is 1. The molecule has 0 bridgehead atoms. The lowest BCUT2D eigenvalue weighted by molar-refractivity contribution is 0.0696. The Morgan fingerprint density at radius 3 is 2.89 bits per heavy atom. The Bertz CT molecular complexity index is 408. The van der Waals surface area contributed by atoms with Gasteiger partial charge in [0.15, 0.2) is 0 Å². The Hall–Kier alpha value is -1.82. The quantitative estimate of drug-likeness (QED) is 0.636. The van der Waals surface area contributed by atoms with E-state index in [1.165, 1.54) is 12.3 Å². The molecule has 0 saturated heterocycles. The summed E-state index contributed by atoms with van der Waals surface area (Å²) in [5, 5.41) is 11.8. The van der Waals surface area contributed by atoms with E-state index in [1.54, 1.807) is 0 Å². The number of pyridine rings is 1. The van der Waals surface area contributed by atoms with Crippen LogP contribution in [0.2, 0.25) is 0 Å². The molecule has 18 heavy (non-hydrogen) atoms. The summed E-state index contributed by atoms with van der Waals surface area (Å²) in [6.07, 6.45) is 1.27. The molecule has 4 N–H and O–H groups in total. The Labute approximate surface area is 106 Å². The fourth-order valence-electron chi connectivity index (χ4n) is 1.31. The molecule has 0 aliphatic heterocycles. The summed E-state index contributed by atoms with van der Waals surface area (Å²) in [5.41, 5.74) is 6.09. The topological polar surface area (TPSA) is 97.5 Å². The molecule has 0 saturated carbocycles. The average Bonchev–Trinajstić information content (AvgIpc) is 2.29. The maximum absolute atomic E-state index is 10.7. The summed E-state index contributed by atoms with van der Waals surface area (Å²) in [5.74, 6) is -0.0581. The minimum absolute atomic E-state index is 0.0779. The van der Waals surface area contributed by atoms with Crippen molar-refractivity contribution in [1.29, 1.82) is 0 Å². The number of carboxylic acid groups (broad SMARTS) is 1. The summed E-state index contributed by atoms with van der Waals surface area (Å²) in [6, 6.07) is 1.38. The zero-order valence-electron chi connectivity index (χ0n) is 10.6.